The van der Waals surface area contributed by atoms with Crippen LogP contribution in [0.25, 0.3) is 11.3 Å². The summed E-state index contributed by atoms with van der Waals surface area (Å²) in [6.07, 6.45) is 5.27. The molecule has 0 saturated carbocycles. The summed E-state index contributed by atoms with van der Waals surface area (Å²) < 4.78 is 28.7. The molecule has 0 aliphatic rings. The van der Waals surface area contributed by atoms with Gasteiger partial charge in [-0.1, -0.05) is 29.8 Å². The highest BCUT2D eigenvalue weighted by Crippen LogP contribution is 2.14. The molecule has 0 saturated heterocycles. The van der Waals surface area contributed by atoms with E-state index in [-0.39, 0.29) is 5.75 Å². The third-order valence-electron chi connectivity index (χ3n) is 3.76. The molecule has 3 rings (SSSR count). The Morgan fingerprint density at radius 2 is 1.76 bits per heavy atom. The molecule has 2 aromatic heterocycles. The molecule has 25 heavy (non-hydrogen) atoms. The Kier molecular flexibility index (Phi) is 5.25. The van der Waals surface area contributed by atoms with Crippen LogP contribution in [0.15, 0.2) is 61.1 Å². The standard InChI is InChI=1S/C18H20N4O2S/c1-15-2-4-16(5-3-15)14-25(23,24)20-11-13-22-12-8-18(21-22)17-6-9-19-10-7-17/h2-10,12,20H,11,13-14H2,1H3. The van der Waals surface area contributed by atoms with E-state index in [4.69, 9.17) is 0 Å². The normalized spacial score (nSPS) is 11.6. The Morgan fingerprint density at radius 1 is 1.04 bits per heavy atom. The summed E-state index contributed by atoms with van der Waals surface area (Å²) in [6.45, 7) is 2.74. The zero-order chi connectivity index (χ0) is 17.7. The number of hydrogen-bond acceptors (Lipinski definition) is 4. The molecule has 130 valence electrons. The molecule has 0 bridgehead atoms. The molecule has 0 unspecified atom stereocenters. The maximum absolute atomic E-state index is 12.2. The van der Waals surface area contributed by atoms with E-state index in [0.717, 1.165) is 22.4 Å². The fraction of sp³-hybridized carbons (Fsp3) is 0.222. The van der Waals surface area contributed by atoms with E-state index in [2.05, 4.69) is 14.8 Å². The van der Waals surface area contributed by atoms with Gasteiger partial charge in [-0.15, -0.1) is 0 Å². The molecule has 0 amide bonds. The number of aromatic nitrogens is 3. The highest BCUT2D eigenvalue weighted by molar-refractivity contribution is 7.88. The Bertz CT molecular complexity index is 919. The SMILES string of the molecule is Cc1ccc(CS(=O)(=O)NCCn2ccc(-c3ccncc3)n2)cc1. The van der Waals surface area contributed by atoms with Gasteiger partial charge >= 0.3 is 0 Å². The summed E-state index contributed by atoms with van der Waals surface area (Å²) in [5.74, 6) is -0.0192. The molecule has 3 aromatic rings. The van der Waals surface area contributed by atoms with E-state index in [1.54, 1.807) is 17.1 Å². The van der Waals surface area contributed by atoms with Gasteiger partial charge in [-0.25, -0.2) is 13.1 Å². The van der Waals surface area contributed by atoms with Crippen molar-refractivity contribution in [3.8, 4) is 11.3 Å². The lowest BCUT2D eigenvalue weighted by atomic mass is 10.2. The summed E-state index contributed by atoms with van der Waals surface area (Å²) in [5, 5.41) is 4.45. The van der Waals surface area contributed by atoms with Gasteiger partial charge in [0.15, 0.2) is 0 Å². The summed E-state index contributed by atoms with van der Waals surface area (Å²) in [6, 6.07) is 13.2. The second kappa shape index (κ2) is 7.58. The topological polar surface area (TPSA) is 76.9 Å². The van der Waals surface area contributed by atoms with Crippen molar-refractivity contribution < 1.29 is 8.42 Å². The Hall–Kier alpha value is -2.51. The molecule has 6 nitrogen and oxygen atoms in total. The summed E-state index contributed by atoms with van der Waals surface area (Å²) >= 11 is 0. The van der Waals surface area contributed by atoms with Crippen LogP contribution in [-0.2, 0) is 22.3 Å². The second-order valence-electron chi connectivity index (χ2n) is 5.84. The Morgan fingerprint density at radius 3 is 2.48 bits per heavy atom. The van der Waals surface area contributed by atoms with E-state index in [0.29, 0.717) is 13.1 Å². The fourth-order valence-electron chi connectivity index (χ4n) is 2.43. The van der Waals surface area contributed by atoms with Crippen molar-refractivity contribution in [3.05, 3.63) is 72.2 Å². The first-order valence-electron chi connectivity index (χ1n) is 7.99. The highest BCUT2D eigenvalue weighted by Gasteiger charge is 2.11. The summed E-state index contributed by atoms with van der Waals surface area (Å²) in [7, 11) is -3.36. The first-order chi connectivity index (χ1) is 12.0. The average Bonchev–Trinajstić information content (AvgIpc) is 3.06. The molecular formula is C18H20N4O2S. The largest absolute Gasteiger partial charge is 0.271 e. The number of benzene rings is 1. The van der Waals surface area contributed by atoms with Crippen molar-refractivity contribution in [1.29, 1.82) is 0 Å². The number of rotatable bonds is 7. The molecule has 1 N–H and O–H groups in total. The molecule has 2 heterocycles. The van der Waals surface area contributed by atoms with Crippen LogP contribution in [0.5, 0.6) is 0 Å². The molecule has 0 fully saturated rings. The van der Waals surface area contributed by atoms with Gasteiger partial charge in [-0.05, 0) is 30.7 Å². The first kappa shape index (κ1) is 17.3. The second-order valence-corrected chi connectivity index (χ2v) is 7.65. The summed E-state index contributed by atoms with van der Waals surface area (Å²) in [4.78, 5) is 3.98. The lowest BCUT2D eigenvalue weighted by Crippen LogP contribution is -2.28. The van der Waals surface area contributed by atoms with Crippen LogP contribution in [-0.4, -0.2) is 29.7 Å². The van der Waals surface area contributed by atoms with Gasteiger partial charge in [0.1, 0.15) is 0 Å². The molecular weight excluding hydrogens is 336 g/mol. The number of nitrogens with zero attached hydrogens (tertiary/aromatic N) is 3. The van der Waals surface area contributed by atoms with Crippen LogP contribution in [0.3, 0.4) is 0 Å². The van der Waals surface area contributed by atoms with Crippen LogP contribution in [0, 0.1) is 6.92 Å². The van der Waals surface area contributed by atoms with E-state index in [1.165, 1.54) is 0 Å². The molecule has 0 atom stereocenters. The molecule has 0 spiro atoms. The maximum atomic E-state index is 12.2. The van der Waals surface area contributed by atoms with Gasteiger partial charge in [0.25, 0.3) is 0 Å². The molecule has 0 aliphatic heterocycles. The number of nitrogens with one attached hydrogen (secondary N) is 1. The van der Waals surface area contributed by atoms with E-state index >= 15 is 0 Å². The van der Waals surface area contributed by atoms with E-state index in [1.807, 2.05) is 55.6 Å². The molecule has 7 heteroatoms. The van der Waals surface area contributed by atoms with Crippen LogP contribution in [0.2, 0.25) is 0 Å². The fourth-order valence-corrected chi connectivity index (χ4v) is 3.57. The van der Waals surface area contributed by atoms with Crippen LogP contribution in [0.4, 0.5) is 0 Å². The Balaban J connectivity index is 1.54. The lowest BCUT2D eigenvalue weighted by Gasteiger charge is -2.07. The first-order valence-corrected chi connectivity index (χ1v) is 9.64. The lowest BCUT2D eigenvalue weighted by molar-refractivity contribution is 0.560. The van der Waals surface area contributed by atoms with Crippen molar-refractivity contribution in [3.63, 3.8) is 0 Å². The third-order valence-corrected chi connectivity index (χ3v) is 5.11. The minimum atomic E-state index is -3.36. The van der Waals surface area contributed by atoms with E-state index < -0.39 is 10.0 Å². The van der Waals surface area contributed by atoms with Gasteiger partial charge in [0.05, 0.1) is 18.0 Å². The van der Waals surface area contributed by atoms with E-state index in [9.17, 15) is 8.42 Å². The van der Waals surface area contributed by atoms with Crippen molar-refractivity contribution in [2.45, 2.75) is 19.2 Å². The minimum Gasteiger partial charge on any atom is -0.271 e. The van der Waals surface area contributed by atoms with Crippen molar-refractivity contribution >= 4 is 10.0 Å². The van der Waals surface area contributed by atoms with Crippen LogP contribution in [0.1, 0.15) is 11.1 Å². The van der Waals surface area contributed by atoms with Gasteiger partial charge < -0.3 is 0 Å². The molecule has 0 aliphatic carbocycles. The summed E-state index contributed by atoms with van der Waals surface area (Å²) in [5.41, 5.74) is 3.70. The average molecular weight is 356 g/mol. The van der Waals surface area contributed by atoms with Gasteiger partial charge in [-0.3, -0.25) is 9.67 Å². The van der Waals surface area contributed by atoms with Crippen molar-refractivity contribution in [2.24, 2.45) is 0 Å². The van der Waals surface area contributed by atoms with Gasteiger partial charge in [0, 0.05) is 30.7 Å². The van der Waals surface area contributed by atoms with Crippen molar-refractivity contribution in [2.75, 3.05) is 6.54 Å². The number of aryl methyl sites for hydroxylation is 1. The maximum Gasteiger partial charge on any atom is 0.215 e. The number of pyridine rings is 1. The quantitative estimate of drug-likeness (QED) is 0.705. The van der Waals surface area contributed by atoms with Crippen LogP contribution < -0.4 is 4.72 Å². The highest BCUT2D eigenvalue weighted by atomic mass is 32.2. The van der Waals surface area contributed by atoms with Crippen molar-refractivity contribution in [1.82, 2.24) is 19.5 Å². The number of hydrogen-bond donors (Lipinski definition) is 1. The minimum absolute atomic E-state index is 0.0192. The third kappa shape index (κ3) is 4.98. The van der Waals surface area contributed by atoms with Gasteiger partial charge in [-0.2, -0.15) is 5.10 Å². The molecule has 1 aromatic carbocycles. The van der Waals surface area contributed by atoms with Gasteiger partial charge in [0.2, 0.25) is 10.0 Å². The zero-order valence-electron chi connectivity index (χ0n) is 14.0. The predicted molar refractivity (Wildman–Crippen MR) is 97.3 cm³/mol. The smallest absolute Gasteiger partial charge is 0.215 e. The predicted octanol–water partition coefficient (Wildman–Crippen LogP) is 2.37. The zero-order valence-corrected chi connectivity index (χ0v) is 14.8. The monoisotopic (exact) mass is 356 g/mol. The molecule has 0 radical (unpaired) electrons. The number of sulfonamides is 1. The van der Waals surface area contributed by atoms with Crippen LogP contribution >= 0.6 is 0 Å². The Labute approximate surface area is 147 Å².